The summed E-state index contributed by atoms with van der Waals surface area (Å²) in [6, 6.07) is -0.807. The molecule has 7 unspecified atom stereocenters. The van der Waals surface area contributed by atoms with E-state index in [-0.39, 0.29) is 18.5 Å². The van der Waals surface area contributed by atoms with Crippen molar-refractivity contribution in [2.45, 2.75) is 410 Å². The lowest BCUT2D eigenvalue weighted by atomic mass is 9.99. The van der Waals surface area contributed by atoms with Gasteiger partial charge >= 0.3 is 5.97 Å². The Morgan fingerprint density at radius 1 is 0.420 bits per heavy atom. The molecule has 1 heterocycles. The molecule has 1 rings (SSSR count). The minimum absolute atomic E-state index is 0.00703. The van der Waals surface area contributed by atoms with Crippen molar-refractivity contribution >= 4 is 11.9 Å². The van der Waals surface area contributed by atoms with Crippen molar-refractivity contribution in [3.63, 3.8) is 0 Å². The van der Waals surface area contributed by atoms with Crippen LogP contribution >= 0.6 is 0 Å². The Morgan fingerprint density at radius 3 is 1.18 bits per heavy atom. The number of esters is 1. The largest absolute Gasteiger partial charge is 0.466 e. The van der Waals surface area contributed by atoms with Crippen LogP contribution in [0.5, 0.6) is 0 Å². The molecule has 0 aromatic rings. The highest BCUT2D eigenvalue weighted by Gasteiger charge is 2.44. The lowest BCUT2D eigenvalue weighted by Crippen LogP contribution is -2.60. The van der Waals surface area contributed by atoms with Gasteiger partial charge in [0.05, 0.1) is 32.0 Å². The van der Waals surface area contributed by atoms with E-state index in [1.165, 1.54) is 276 Å². The summed E-state index contributed by atoms with van der Waals surface area (Å²) in [6.07, 6.45) is 77.1. The molecule has 1 fully saturated rings. The van der Waals surface area contributed by atoms with Gasteiger partial charge in [-0.2, -0.15) is 0 Å². The Balaban J connectivity index is 1.87. The van der Waals surface area contributed by atoms with Gasteiger partial charge in [-0.25, -0.2) is 0 Å². The molecule has 11 nitrogen and oxygen atoms in total. The molecule has 0 bridgehead atoms. The molecule has 0 spiro atoms. The van der Waals surface area contributed by atoms with Gasteiger partial charge < -0.3 is 45.1 Å². The number of unbranched alkanes of at least 4 members (excludes halogenated alkanes) is 47. The molecule has 1 amide bonds. The van der Waals surface area contributed by atoms with Crippen molar-refractivity contribution in [1.82, 2.24) is 5.32 Å². The number of carbonyl (C=O) groups is 2. The van der Waals surface area contributed by atoms with Crippen molar-refractivity contribution < 1.29 is 49.3 Å². The van der Waals surface area contributed by atoms with Crippen LogP contribution in [0.4, 0.5) is 0 Å². The minimum Gasteiger partial charge on any atom is -0.466 e. The first-order chi connectivity index (χ1) is 43.2. The quantitative estimate of drug-likeness (QED) is 0.0195. The molecule has 0 saturated carbocycles. The van der Waals surface area contributed by atoms with Gasteiger partial charge in [0.15, 0.2) is 6.29 Å². The van der Waals surface area contributed by atoms with E-state index in [2.05, 4.69) is 55.6 Å². The maximum absolute atomic E-state index is 13.0. The van der Waals surface area contributed by atoms with E-state index in [1.807, 2.05) is 6.08 Å². The summed E-state index contributed by atoms with van der Waals surface area (Å²) in [4.78, 5) is 25.2. The fraction of sp³-hybridized carbons (Fsp3) is 0.870. The standard InChI is InChI=1S/C77H143NO10/c1-3-5-7-9-11-13-14-15-16-17-32-36-39-42-45-49-53-57-61-65-73(82)86-66-62-58-54-50-46-43-40-37-34-31-29-27-25-23-21-19-18-20-22-24-26-28-30-33-35-38-41-44-48-52-56-60-64-72(81)78-69(70(80)63-59-55-51-47-12-10-8-6-4-2)68-87-77-76(85)75(84)74(83)71(67-79)88-77/h11,13,15-16,21,23,59,63,69-71,74-77,79-80,83-85H,3-10,12,14,17-20,22,24-58,60-62,64-68H2,1-2H3,(H,78,81)/b13-11-,16-15-,23-21-,63-59+. The normalized spacial score (nSPS) is 18.0. The third kappa shape index (κ3) is 54.2. The van der Waals surface area contributed by atoms with Crippen LogP contribution in [0.3, 0.4) is 0 Å². The van der Waals surface area contributed by atoms with Gasteiger partial charge in [-0.3, -0.25) is 9.59 Å². The molecule has 516 valence electrons. The second-order valence-electron chi connectivity index (χ2n) is 26.3. The van der Waals surface area contributed by atoms with Crippen molar-refractivity contribution in [1.29, 1.82) is 0 Å². The Kier molecular flexibility index (Phi) is 62.8. The maximum Gasteiger partial charge on any atom is 0.305 e. The molecule has 88 heavy (non-hydrogen) atoms. The average molecular weight is 1240 g/mol. The summed E-state index contributed by atoms with van der Waals surface area (Å²) in [6.45, 7) is 4.32. The van der Waals surface area contributed by atoms with Gasteiger partial charge in [-0.05, 0) is 89.9 Å². The number of ether oxygens (including phenoxy) is 3. The number of amides is 1. The molecular weight excluding hydrogens is 1100 g/mol. The molecule has 1 aliphatic heterocycles. The van der Waals surface area contributed by atoms with Crippen LogP contribution in [0.1, 0.15) is 367 Å². The van der Waals surface area contributed by atoms with Gasteiger partial charge in [-0.15, -0.1) is 0 Å². The highest BCUT2D eigenvalue weighted by molar-refractivity contribution is 5.76. The van der Waals surface area contributed by atoms with Gasteiger partial charge in [0.1, 0.15) is 24.4 Å². The minimum atomic E-state index is -1.57. The summed E-state index contributed by atoms with van der Waals surface area (Å²) >= 11 is 0. The number of aliphatic hydroxyl groups excluding tert-OH is 5. The lowest BCUT2D eigenvalue weighted by molar-refractivity contribution is -0.302. The highest BCUT2D eigenvalue weighted by Crippen LogP contribution is 2.23. The van der Waals surface area contributed by atoms with E-state index < -0.39 is 49.5 Å². The van der Waals surface area contributed by atoms with E-state index in [0.29, 0.717) is 19.4 Å². The first-order valence-corrected chi connectivity index (χ1v) is 37.9. The van der Waals surface area contributed by atoms with Crippen molar-refractivity contribution in [3.05, 3.63) is 48.6 Å². The fourth-order valence-electron chi connectivity index (χ4n) is 11.9. The predicted octanol–water partition coefficient (Wildman–Crippen LogP) is 19.9. The first kappa shape index (κ1) is 83.6. The topological polar surface area (TPSA) is 175 Å². The summed E-state index contributed by atoms with van der Waals surface area (Å²) in [5.74, 6) is -0.173. The van der Waals surface area contributed by atoms with Crippen LogP contribution in [0.15, 0.2) is 48.6 Å². The summed E-state index contributed by atoms with van der Waals surface area (Å²) < 4.78 is 16.7. The van der Waals surface area contributed by atoms with E-state index in [4.69, 9.17) is 14.2 Å². The van der Waals surface area contributed by atoms with E-state index in [9.17, 15) is 35.1 Å². The third-order valence-electron chi connectivity index (χ3n) is 17.9. The Bertz CT molecular complexity index is 1600. The Hall–Kier alpha value is -2.38. The second kappa shape index (κ2) is 66.1. The molecule has 0 radical (unpaired) electrons. The molecular formula is C77H143NO10. The Labute approximate surface area is 542 Å². The molecule has 6 N–H and O–H groups in total. The first-order valence-electron chi connectivity index (χ1n) is 37.9. The predicted molar refractivity (Wildman–Crippen MR) is 370 cm³/mol. The van der Waals surface area contributed by atoms with Crippen LogP contribution in [0.25, 0.3) is 0 Å². The molecule has 0 aromatic carbocycles. The van der Waals surface area contributed by atoms with Crippen LogP contribution in [-0.4, -0.2) is 100 Å². The Morgan fingerprint density at radius 2 is 0.761 bits per heavy atom. The smallest absolute Gasteiger partial charge is 0.305 e. The second-order valence-corrected chi connectivity index (χ2v) is 26.3. The van der Waals surface area contributed by atoms with Crippen molar-refractivity contribution in [2.75, 3.05) is 19.8 Å². The zero-order valence-electron chi connectivity index (χ0n) is 57.4. The van der Waals surface area contributed by atoms with Gasteiger partial charge in [0.25, 0.3) is 0 Å². The molecule has 0 aromatic heterocycles. The lowest BCUT2D eigenvalue weighted by Gasteiger charge is -2.40. The SMILES string of the molecule is CCCCC/C=C\C/C=C\CCCCCCCCCCCC(=O)OCCCCCCCCCCCCCC/C=C\CCCCCCCCCCCCCCCCCCC(=O)NC(COC1OC(CO)C(O)C(O)C1O)C(O)/C=C/CCCCCCCCC. The van der Waals surface area contributed by atoms with Gasteiger partial charge in [0.2, 0.25) is 5.91 Å². The van der Waals surface area contributed by atoms with Crippen molar-refractivity contribution in [3.8, 4) is 0 Å². The van der Waals surface area contributed by atoms with Crippen LogP contribution < -0.4 is 5.32 Å². The third-order valence-corrected chi connectivity index (χ3v) is 17.9. The summed E-state index contributed by atoms with van der Waals surface area (Å²) in [7, 11) is 0. The monoisotopic (exact) mass is 1240 g/mol. The number of hydrogen-bond acceptors (Lipinski definition) is 10. The number of hydrogen-bond donors (Lipinski definition) is 6. The number of aliphatic hydroxyl groups is 5. The molecule has 0 aliphatic carbocycles. The van der Waals surface area contributed by atoms with Crippen LogP contribution in [-0.2, 0) is 23.8 Å². The number of nitrogens with one attached hydrogen (secondary N) is 1. The number of carbonyl (C=O) groups excluding carboxylic acids is 2. The zero-order chi connectivity index (χ0) is 63.7. The zero-order valence-corrected chi connectivity index (χ0v) is 57.4. The highest BCUT2D eigenvalue weighted by atomic mass is 16.7. The van der Waals surface area contributed by atoms with Gasteiger partial charge in [-0.1, -0.05) is 313 Å². The van der Waals surface area contributed by atoms with E-state index in [0.717, 1.165) is 64.2 Å². The molecule has 7 atom stereocenters. The van der Waals surface area contributed by atoms with Crippen LogP contribution in [0.2, 0.25) is 0 Å². The number of allylic oxidation sites excluding steroid dienone is 7. The average Bonchev–Trinajstić information content (AvgIpc) is 2.57. The molecule has 1 aliphatic rings. The van der Waals surface area contributed by atoms with Crippen LogP contribution in [0, 0.1) is 0 Å². The van der Waals surface area contributed by atoms with Crippen molar-refractivity contribution in [2.24, 2.45) is 0 Å². The molecule has 11 heteroatoms. The van der Waals surface area contributed by atoms with E-state index in [1.54, 1.807) is 6.08 Å². The number of rotatable bonds is 67. The maximum atomic E-state index is 13.0. The van der Waals surface area contributed by atoms with E-state index >= 15 is 0 Å². The summed E-state index contributed by atoms with van der Waals surface area (Å²) in [5, 5.41) is 54.3. The fourth-order valence-corrected chi connectivity index (χ4v) is 11.9. The van der Waals surface area contributed by atoms with Gasteiger partial charge in [0, 0.05) is 12.8 Å². The molecule has 1 saturated heterocycles. The summed E-state index contributed by atoms with van der Waals surface area (Å²) in [5.41, 5.74) is 0.